The molecule has 0 aliphatic carbocycles. The van der Waals surface area contributed by atoms with Gasteiger partial charge in [-0.2, -0.15) is 5.26 Å². The summed E-state index contributed by atoms with van der Waals surface area (Å²) in [4.78, 5) is 24.8. The van der Waals surface area contributed by atoms with E-state index in [2.05, 4.69) is 18.4 Å². The maximum absolute atomic E-state index is 12.4. The lowest BCUT2D eigenvalue weighted by molar-refractivity contribution is -0.171. The number of benzene rings is 1. The van der Waals surface area contributed by atoms with Gasteiger partial charge in [-0.05, 0) is 44.5 Å². The molecule has 0 aromatic heterocycles. The van der Waals surface area contributed by atoms with Crippen molar-refractivity contribution in [3.63, 3.8) is 0 Å². The van der Waals surface area contributed by atoms with E-state index in [1.165, 1.54) is 6.08 Å². The van der Waals surface area contributed by atoms with Gasteiger partial charge >= 0.3 is 11.9 Å². The largest absolute Gasteiger partial charge is 0.465 e. The smallest absolute Gasteiger partial charge is 0.324 e. The fourth-order valence-corrected chi connectivity index (χ4v) is 2.18. The Morgan fingerprint density at radius 2 is 1.64 bits per heavy atom. The van der Waals surface area contributed by atoms with Gasteiger partial charge in [-0.25, -0.2) is 0 Å². The standard InChI is InChI=1S/C20H21NO4/c1-4-13-20(18(22)24-5-2,19(23)25-6-3)14-7-8-16-9-11-17(15-21)12-10-16/h4,9-12H,1,5-6,13-14H2,2-3H3. The molecule has 0 radical (unpaired) electrons. The van der Waals surface area contributed by atoms with Crippen molar-refractivity contribution in [3.05, 3.63) is 48.0 Å². The van der Waals surface area contributed by atoms with E-state index in [0.717, 1.165) is 0 Å². The highest BCUT2D eigenvalue weighted by Gasteiger charge is 2.47. The molecule has 0 saturated heterocycles. The number of hydrogen-bond acceptors (Lipinski definition) is 5. The van der Waals surface area contributed by atoms with Crippen molar-refractivity contribution in [1.29, 1.82) is 5.26 Å². The average molecular weight is 339 g/mol. The molecule has 1 rings (SSSR count). The summed E-state index contributed by atoms with van der Waals surface area (Å²) in [6, 6.07) is 8.74. The van der Waals surface area contributed by atoms with Gasteiger partial charge in [0.15, 0.2) is 5.41 Å². The van der Waals surface area contributed by atoms with Crippen LogP contribution in [0.25, 0.3) is 0 Å². The van der Waals surface area contributed by atoms with E-state index in [1.54, 1.807) is 38.1 Å². The van der Waals surface area contributed by atoms with Gasteiger partial charge in [0, 0.05) is 12.0 Å². The Bertz CT molecular complexity index is 699. The molecule has 0 amide bonds. The van der Waals surface area contributed by atoms with Gasteiger partial charge in [0.25, 0.3) is 0 Å². The van der Waals surface area contributed by atoms with Gasteiger partial charge in [0.1, 0.15) is 0 Å². The number of carbonyl (C=O) groups is 2. The van der Waals surface area contributed by atoms with Crippen molar-refractivity contribution in [2.24, 2.45) is 5.41 Å². The summed E-state index contributed by atoms with van der Waals surface area (Å²) in [5, 5.41) is 8.80. The van der Waals surface area contributed by atoms with Crippen molar-refractivity contribution in [2.45, 2.75) is 26.7 Å². The molecular weight excluding hydrogens is 318 g/mol. The van der Waals surface area contributed by atoms with Gasteiger partial charge < -0.3 is 9.47 Å². The van der Waals surface area contributed by atoms with Crippen molar-refractivity contribution in [3.8, 4) is 17.9 Å². The Hall–Kier alpha value is -3.05. The van der Waals surface area contributed by atoms with Crippen LogP contribution in [0.15, 0.2) is 36.9 Å². The van der Waals surface area contributed by atoms with Crippen LogP contribution in [0.5, 0.6) is 0 Å². The molecule has 130 valence electrons. The number of carbonyl (C=O) groups excluding carboxylic acids is 2. The van der Waals surface area contributed by atoms with E-state index >= 15 is 0 Å². The Morgan fingerprint density at radius 1 is 1.12 bits per heavy atom. The molecule has 0 spiro atoms. The van der Waals surface area contributed by atoms with Crippen LogP contribution >= 0.6 is 0 Å². The third kappa shape index (κ3) is 5.22. The molecule has 0 atom stereocenters. The molecule has 0 heterocycles. The van der Waals surface area contributed by atoms with E-state index in [9.17, 15) is 9.59 Å². The Kier molecular flexibility index (Phi) is 7.96. The van der Waals surface area contributed by atoms with Gasteiger partial charge in [0.05, 0.1) is 24.8 Å². The molecular formula is C20H21NO4. The molecule has 0 bridgehead atoms. The molecule has 1 aromatic carbocycles. The number of ether oxygens (including phenoxy) is 2. The third-order valence-corrected chi connectivity index (χ3v) is 3.46. The van der Waals surface area contributed by atoms with Crippen LogP contribution in [0.1, 0.15) is 37.8 Å². The summed E-state index contributed by atoms with van der Waals surface area (Å²) in [5.74, 6) is 4.43. The van der Waals surface area contributed by atoms with Crippen LogP contribution in [0, 0.1) is 28.6 Å². The molecule has 0 saturated carbocycles. The molecule has 0 N–H and O–H groups in total. The predicted octanol–water partition coefficient (Wildman–Crippen LogP) is 2.99. The first-order valence-corrected chi connectivity index (χ1v) is 7.98. The zero-order valence-corrected chi connectivity index (χ0v) is 14.5. The highest BCUT2D eigenvalue weighted by Crippen LogP contribution is 2.31. The van der Waals surface area contributed by atoms with Gasteiger partial charge in [0.2, 0.25) is 0 Å². The quantitative estimate of drug-likeness (QED) is 0.330. The first kappa shape index (κ1) is 20.0. The van der Waals surface area contributed by atoms with Crippen molar-refractivity contribution in [2.75, 3.05) is 13.2 Å². The van der Waals surface area contributed by atoms with Crippen LogP contribution in [-0.4, -0.2) is 25.2 Å². The summed E-state index contributed by atoms with van der Waals surface area (Å²) < 4.78 is 10.1. The number of allylic oxidation sites excluding steroid dienone is 1. The molecule has 0 aliphatic rings. The lowest BCUT2D eigenvalue weighted by Gasteiger charge is -2.26. The summed E-state index contributed by atoms with van der Waals surface area (Å²) >= 11 is 0. The minimum atomic E-state index is -1.52. The molecule has 25 heavy (non-hydrogen) atoms. The Balaban J connectivity index is 3.12. The second-order valence-electron chi connectivity index (χ2n) is 5.18. The summed E-state index contributed by atoms with van der Waals surface area (Å²) in [6.45, 7) is 7.27. The van der Waals surface area contributed by atoms with Crippen LogP contribution in [0.3, 0.4) is 0 Å². The van der Waals surface area contributed by atoms with E-state index in [-0.39, 0.29) is 26.1 Å². The minimum absolute atomic E-state index is 0.0450. The van der Waals surface area contributed by atoms with E-state index in [1.807, 2.05) is 6.07 Å². The van der Waals surface area contributed by atoms with Crippen LogP contribution in [-0.2, 0) is 19.1 Å². The second kappa shape index (κ2) is 9.95. The zero-order chi connectivity index (χ0) is 18.7. The molecule has 0 aliphatic heterocycles. The van der Waals surface area contributed by atoms with Gasteiger partial charge in [-0.3, -0.25) is 9.59 Å². The number of hydrogen-bond donors (Lipinski definition) is 0. The van der Waals surface area contributed by atoms with Gasteiger partial charge in [-0.1, -0.05) is 17.9 Å². The lowest BCUT2D eigenvalue weighted by Crippen LogP contribution is -2.41. The topological polar surface area (TPSA) is 76.4 Å². The molecule has 5 heteroatoms. The third-order valence-electron chi connectivity index (χ3n) is 3.46. The zero-order valence-electron chi connectivity index (χ0n) is 14.5. The first-order chi connectivity index (χ1) is 12.0. The first-order valence-electron chi connectivity index (χ1n) is 7.98. The molecule has 0 unspecified atom stereocenters. The van der Waals surface area contributed by atoms with Crippen molar-refractivity contribution >= 4 is 11.9 Å². The summed E-state index contributed by atoms with van der Waals surface area (Å²) in [6.07, 6.45) is 1.51. The normalized spacial score (nSPS) is 9.96. The monoisotopic (exact) mass is 339 g/mol. The maximum Gasteiger partial charge on any atom is 0.324 e. The highest BCUT2D eigenvalue weighted by atomic mass is 16.6. The van der Waals surface area contributed by atoms with Crippen molar-refractivity contribution in [1.82, 2.24) is 0 Å². The van der Waals surface area contributed by atoms with E-state index < -0.39 is 17.4 Å². The number of esters is 2. The Morgan fingerprint density at radius 3 is 2.08 bits per heavy atom. The summed E-state index contributed by atoms with van der Waals surface area (Å²) in [7, 11) is 0. The van der Waals surface area contributed by atoms with Crippen molar-refractivity contribution < 1.29 is 19.1 Å². The van der Waals surface area contributed by atoms with E-state index in [4.69, 9.17) is 14.7 Å². The SMILES string of the molecule is C=CCC(CC#Cc1ccc(C#N)cc1)(C(=O)OCC)C(=O)OCC. The number of rotatable bonds is 7. The highest BCUT2D eigenvalue weighted by molar-refractivity contribution is 6.00. The summed E-state index contributed by atoms with van der Waals surface area (Å²) in [5.41, 5.74) is -0.309. The molecule has 0 fully saturated rings. The average Bonchev–Trinajstić information content (AvgIpc) is 2.61. The lowest BCUT2D eigenvalue weighted by atomic mass is 9.81. The van der Waals surface area contributed by atoms with Crippen LogP contribution < -0.4 is 0 Å². The van der Waals surface area contributed by atoms with E-state index in [0.29, 0.717) is 11.1 Å². The van der Waals surface area contributed by atoms with Gasteiger partial charge in [-0.15, -0.1) is 6.58 Å². The fourth-order valence-electron chi connectivity index (χ4n) is 2.18. The molecule has 5 nitrogen and oxygen atoms in total. The fraction of sp³-hybridized carbons (Fsp3) is 0.350. The molecule has 1 aromatic rings. The second-order valence-corrected chi connectivity index (χ2v) is 5.18. The Labute approximate surface area is 148 Å². The number of nitrogens with zero attached hydrogens (tertiary/aromatic N) is 1. The van der Waals surface area contributed by atoms with Crippen LogP contribution in [0.2, 0.25) is 0 Å². The number of nitriles is 1. The predicted molar refractivity (Wildman–Crippen MR) is 93.2 cm³/mol. The maximum atomic E-state index is 12.4. The van der Waals surface area contributed by atoms with Crippen LogP contribution in [0.4, 0.5) is 0 Å². The minimum Gasteiger partial charge on any atom is -0.465 e.